The van der Waals surface area contributed by atoms with Gasteiger partial charge in [-0.1, -0.05) is 30.3 Å². The van der Waals surface area contributed by atoms with Gasteiger partial charge in [-0.2, -0.15) is 0 Å². The number of carbonyl (C=O) groups excluding carboxylic acids is 2. The molecule has 0 saturated heterocycles. The van der Waals surface area contributed by atoms with Crippen LogP contribution in [0.2, 0.25) is 0 Å². The number of methoxy groups -OCH3 is 1. The van der Waals surface area contributed by atoms with Gasteiger partial charge in [0, 0.05) is 12.6 Å². The van der Waals surface area contributed by atoms with Gasteiger partial charge in [-0.05, 0) is 23.8 Å². The van der Waals surface area contributed by atoms with E-state index in [0.29, 0.717) is 11.1 Å². The number of hydrogen-bond acceptors (Lipinski definition) is 5. The Labute approximate surface area is 144 Å². The van der Waals surface area contributed by atoms with E-state index in [0.717, 1.165) is 0 Å². The van der Waals surface area contributed by atoms with Gasteiger partial charge in [-0.15, -0.1) is 0 Å². The highest BCUT2D eigenvalue weighted by Gasteiger charge is 2.38. The molecular formula is C19H16FNO4. The zero-order chi connectivity index (χ0) is 18.0. The number of rotatable bonds is 4. The maximum atomic E-state index is 14.1. The van der Waals surface area contributed by atoms with Crippen molar-refractivity contribution in [2.45, 2.75) is 6.10 Å². The molecule has 0 aliphatic carbocycles. The predicted molar refractivity (Wildman–Crippen MR) is 89.0 cm³/mol. The molecule has 6 heteroatoms. The average molecular weight is 341 g/mol. The van der Waals surface area contributed by atoms with Crippen LogP contribution < -0.4 is 5.32 Å². The lowest BCUT2D eigenvalue weighted by Crippen LogP contribution is -2.12. The second kappa shape index (κ2) is 6.76. The summed E-state index contributed by atoms with van der Waals surface area (Å²) in [7, 11) is 2.89. The van der Waals surface area contributed by atoms with Gasteiger partial charge in [0.1, 0.15) is 5.82 Å². The third-order valence-corrected chi connectivity index (χ3v) is 3.93. The molecule has 128 valence electrons. The first kappa shape index (κ1) is 16.7. The van der Waals surface area contributed by atoms with Crippen molar-refractivity contribution in [3.05, 3.63) is 76.9 Å². The minimum Gasteiger partial charge on any atom is -0.465 e. The Hall–Kier alpha value is -3.15. The standard InChI is InChI=1S/C19H16FNO4/c1-21-18-15(11-6-5-7-12(10-11)19(23)24-2)16(22)17(25-18)13-8-3-4-9-14(13)20/h3-10,17,21H,1-2H3. The molecule has 1 atom stereocenters. The summed E-state index contributed by atoms with van der Waals surface area (Å²) in [5, 5.41) is 2.82. The van der Waals surface area contributed by atoms with Crippen LogP contribution in [0.15, 0.2) is 54.4 Å². The van der Waals surface area contributed by atoms with E-state index in [-0.39, 0.29) is 22.8 Å². The summed E-state index contributed by atoms with van der Waals surface area (Å²) in [6.07, 6.45) is -1.07. The van der Waals surface area contributed by atoms with Gasteiger partial charge in [0.05, 0.1) is 18.2 Å². The van der Waals surface area contributed by atoms with E-state index >= 15 is 0 Å². The number of benzene rings is 2. The lowest BCUT2D eigenvalue weighted by molar-refractivity contribution is -0.120. The Morgan fingerprint density at radius 1 is 1.20 bits per heavy atom. The summed E-state index contributed by atoms with van der Waals surface area (Å²) >= 11 is 0. The van der Waals surface area contributed by atoms with Crippen LogP contribution in [-0.4, -0.2) is 25.9 Å². The van der Waals surface area contributed by atoms with Crippen molar-refractivity contribution in [1.29, 1.82) is 0 Å². The van der Waals surface area contributed by atoms with Crippen molar-refractivity contribution >= 4 is 17.3 Å². The average Bonchev–Trinajstić information content (AvgIpc) is 2.98. The number of halogens is 1. The van der Waals surface area contributed by atoms with Crippen LogP contribution in [0.5, 0.6) is 0 Å². The first-order valence-corrected chi connectivity index (χ1v) is 7.63. The highest BCUT2D eigenvalue weighted by Crippen LogP contribution is 2.37. The molecule has 2 aromatic carbocycles. The van der Waals surface area contributed by atoms with E-state index < -0.39 is 17.9 Å². The van der Waals surface area contributed by atoms with Crippen molar-refractivity contribution in [3.8, 4) is 0 Å². The summed E-state index contributed by atoms with van der Waals surface area (Å²) in [4.78, 5) is 24.6. The Bertz CT molecular complexity index is 875. The molecule has 2 aromatic rings. The van der Waals surface area contributed by atoms with Crippen LogP contribution in [0.4, 0.5) is 4.39 Å². The molecule has 5 nitrogen and oxygen atoms in total. The van der Waals surface area contributed by atoms with E-state index in [1.165, 1.54) is 19.2 Å². The monoisotopic (exact) mass is 341 g/mol. The molecule has 1 unspecified atom stereocenters. The number of carbonyl (C=O) groups is 2. The van der Waals surface area contributed by atoms with E-state index in [2.05, 4.69) is 5.32 Å². The van der Waals surface area contributed by atoms with E-state index in [1.54, 1.807) is 43.4 Å². The highest BCUT2D eigenvalue weighted by atomic mass is 19.1. The molecule has 1 heterocycles. The maximum Gasteiger partial charge on any atom is 0.337 e. The van der Waals surface area contributed by atoms with Gasteiger partial charge in [0.15, 0.2) is 12.0 Å². The molecule has 1 N–H and O–H groups in total. The minimum absolute atomic E-state index is 0.166. The molecule has 3 rings (SSSR count). The third-order valence-electron chi connectivity index (χ3n) is 3.93. The zero-order valence-electron chi connectivity index (χ0n) is 13.7. The molecular weight excluding hydrogens is 325 g/mol. The van der Waals surface area contributed by atoms with Crippen molar-refractivity contribution in [3.63, 3.8) is 0 Å². The van der Waals surface area contributed by atoms with Crippen LogP contribution in [0.1, 0.15) is 27.6 Å². The van der Waals surface area contributed by atoms with Crippen LogP contribution in [-0.2, 0) is 14.3 Å². The van der Waals surface area contributed by atoms with Crippen LogP contribution in [0.25, 0.3) is 5.57 Å². The Kier molecular flexibility index (Phi) is 4.52. The zero-order valence-corrected chi connectivity index (χ0v) is 13.7. The molecule has 25 heavy (non-hydrogen) atoms. The molecule has 0 aromatic heterocycles. The number of Topliss-reactive ketones (excluding diaryl/α,β-unsaturated/α-hetero) is 1. The van der Waals surface area contributed by atoms with Gasteiger partial charge in [-0.3, -0.25) is 4.79 Å². The Balaban J connectivity index is 2.02. The lowest BCUT2D eigenvalue weighted by Gasteiger charge is -2.12. The highest BCUT2D eigenvalue weighted by molar-refractivity contribution is 6.25. The van der Waals surface area contributed by atoms with Gasteiger partial charge in [0.25, 0.3) is 0 Å². The normalized spacial score (nSPS) is 16.6. The topological polar surface area (TPSA) is 64.6 Å². The van der Waals surface area contributed by atoms with Crippen LogP contribution in [0, 0.1) is 5.82 Å². The summed E-state index contributed by atoms with van der Waals surface area (Å²) in [5.74, 6) is -1.16. The number of nitrogens with one attached hydrogen (secondary N) is 1. The second-order valence-electron chi connectivity index (χ2n) is 5.41. The molecule has 0 amide bonds. The fraction of sp³-hybridized carbons (Fsp3) is 0.158. The number of esters is 1. The fourth-order valence-electron chi connectivity index (χ4n) is 2.74. The Morgan fingerprint density at radius 3 is 2.64 bits per heavy atom. The summed E-state index contributed by atoms with van der Waals surface area (Å²) in [6.45, 7) is 0. The molecule has 1 aliphatic rings. The fourth-order valence-corrected chi connectivity index (χ4v) is 2.74. The SMILES string of the molecule is CNC1=C(c2cccc(C(=O)OC)c2)C(=O)C(c2ccccc2F)O1. The second-order valence-corrected chi connectivity index (χ2v) is 5.41. The smallest absolute Gasteiger partial charge is 0.337 e. The minimum atomic E-state index is -1.07. The van der Waals surface area contributed by atoms with Gasteiger partial charge >= 0.3 is 5.97 Å². The van der Waals surface area contributed by atoms with E-state index in [4.69, 9.17) is 9.47 Å². The number of hydrogen-bond donors (Lipinski definition) is 1. The largest absolute Gasteiger partial charge is 0.465 e. The molecule has 0 bridgehead atoms. The van der Waals surface area contributed by atoms with Crippen molar-refractivity contribution in [2.24, 2.45) is 0 Å². The van der Waals surface area contributed by atoms with E-state index in [1.807, 2.05) is 0 Å². The van der Waals surface area contributed by atoms with Crippen LogP contribution in [0.3, 0.4) is 0 Å². The third kappa shape index (κ3) is 2.98. The van der Waals surface area contributed by atoms with Crippen molar-refractivity contribution in [1.82, 2.24) is 5.32 Å². The first-order valence-electron chi connectivity index (χ1n) is 7.63. The van der Waals surface area contributed by atoms with Crippen molar-refractivity contribution in [2.75, 3.05) is 14.2 Å². The maximum absolute atomic E-state index is 14.1. The predicted octanol–water partition coefficient (Wildman–Crippen LogP) is 2.84. The molecule has 1 aliphatic heterocycles. The summed E-state index contributed by atoms with van der Waals surface area (Å²) in [6, 6.07) is 12.4. The molecule has 0 saturated carbocycles. The molecule has 0 radical (unpaired) electrons. The first-order chi connectivity index (χ1) is 12.1. The Morgan fingerprint density at radius 2 is 1.96 bits per heavy atom. The van der Waals surface area contributed by atoms with Gasteiger partial charge < -0.3 is 14.8 Å². The summed E-state index contributed by atoms with van der Waals surface area (Å²) < 4.78 is 24.4. The molecule has 0 fully saturated rings. The van der Waals surface area contributed by atoms with E-state index in [9.17, 15) is 14.0 Å². The van der Waals surface area contributed by atoms with Crippen LogP contribution >= 0.6 is 0 Å². The van der Waals surface area contributed by atoms with Crippen molar-refractivity contribution < 1.29 is 23.5 Å². The quantitative estimate of drug-likeness (QED) is 0.867. The number of ether oxygens (including phenoxy) is 2. The lowest BCUT2D eigenvalue weighted by atomic mass is 9.95. The molecule has 0 spiro atoms. The van der Waals surface area contributed by atoms with Gasteiger partial charge in [0.2, 0.25) is 5.78 Å². The summed E-state index contributed by atoms with van der Waals surface area (Å²) in [5.41, 5.74) is 1.24. The number of ketones is 1. The van der Waals surface area contributed by atoms with Gasteiger partial charge in [-0.25, -0.2) is 9.18 Å².